The highest BCUT2D eigenvalue weighted by molar-refractivity contribution is 8.03. The first-order valence-electron chi connectivity index (χ1n) is 9.97. The summed E-state index contributed by atoms with van der Waals surface area (Å²) in [6.45, 7) is 12.1. The molecular formula is C24H26N2O2S3. The lowest BCUT2D eigenvalue weighted by molar-refractivity contribution is 0.101. The van der Waals surface area contributed by atoms with Crippen LogP contribution >= 0.6 is 34.9 Å². The van der Waals surface area contributed by atoms with Crippen LogP contribution in [0.5, 0.6) is 0 Å². The van der Waals surface area contributed by atoms with Crippen molar-refractivity contribution in [3.63, 3.8) is 0 Å². The first-order chi connectivity index (χ1) is 14.7. The Kier molecular flexibility index (Phi) is 7.73. The average molecular weight is 471 g/mol. The maximum atomic E-state index is 12.7. The molecule has 0 aliphatic carbocycles. The van der Waals surface area contributed by atoms with E-state index in [9.17, 15) is 9.59 Å². The summed E-state index contributed by atoms with van der Waals surface area (Å²) in [5.74, 6) is 0.832. The zero-order valence-electron chi connectivity index (χ0n) is 18.7. The monoisotopic (exact) mass is 470 g/mol. The van der Waals surface area contributed by atoms with Gasteiger partial charge in [-0.25, -0.2) is 0 Å². The molecule has 0 amide bonds. The van der Waals surface area contributed by atoms with E-state index in [1.807, 2.05) is 39.8 Å². The summed E-state index contributed by atoms with van der Waals surface area (Å²) in [5, 5.41) is 8.35. The lowest BCUT2D eigenvalue weighted by Gasteiger charge is -2.08. The van der Waals surface area contributed by atoms with Gasteiger partial charge >= 0.3 is 0 Å². The quantitative estimate of drug-likeness (QED) is 0.283. The molecular weight excluding hydrogens is 444 g/mol. The van der Waals surface area contributed by atoms with E-state index in [0.717, 1.165) is 42.1 Å². The van der Waals surface area contributed by atoms with Crippen molar-refractivity contribution in [2.45, 2.75) is 50.2 Å². The fourth-order valence-electron chi connectivity index (χ4n) is 3.25. The second-order valence-corrected chi connectivity index (χ2v) is 11.2. The van der Waals surface area contributed by atoms with Crippen molar-refractivity contribution in [2.75, 3.05) is 11.5 Å². The summed E-state index contributed by atoms with van der Waals surface area (Å²) in [4.78, 5) is 25.3. The second-order valence-electron chi connectivity index (χ2n) is 7.76. The first kappa shape index (κ1) is 23.7. The summed E-state index contributed by atoms with van der Waals surface area (Å²) in [7, 11) is 0. The van der Waals surface area contributed by atoms with Gasteiger partial charge in [-0.1, -0.05) is 47.0 Å². The standard InChI is InChI=1S/C24H26N2O2S3/c1-13-7-17(5)19(9-15(13)3)21(27)11-29-23-25-26-24(31-23)30-12-22(28)20-10-16(4)14(2)8-18(20)6/h7-10H,11-12H2,1-6H3. The van der Waals surface area contributed by atoms with Crippen LogP contribution < -0.4 is 0 Å². The number of hydrogen-bond donors (Lipinski definition) is 0. The SMILES string of the molecule is Cc1cc(C)c(C(=O)CSc2nnc(SCC(=O)c3cc(C)c(C)cc3C)s2)cc1C. The lowest BCUT2D eigenvalue weighted by atomic mass is 9.99. The Balaban J connectivity index is 1.57. The number of hydrogen-bond acceptors (Lipinski definition) is 7. The minimum Gasteiger partial charge on any atom is -0.293 e. The van der Waals surface area contributed by atoms with Gasteiger partial charge < -0.3 is 0 Å². The Morgan fingerprint density at radius 1 is 0.645 bits per heavy atom. The van der Waals surface area contributed by atoms with Crippen LogP contribution in [0.3, 0.4) is 0 Å². The van der Waals surface area contributed by atoms with Crippen molar-refractivity contribution < 1.29 is 9.59 Å². The fourth-order valence-corrected chi connectivity index (χ4v) is 6.03. The molecule has 31 heavy (non-hydrogen) atoms. The van der Waals surface area contributed by atoms with Gasteiger partial charge in [0.25, 0.3) is 0 Å². The van der Waals surface area contributed by atoms with Crippen LogP contribution in [0.1, 0.15) is 54.1 Å². The van der Waals surface area contributed by atoms with Gasteiger partial charge in [0.1, 0.15) is 0 Å². The molecule has 0 radical (unpaired) electrons. The van der Waals surface area contributed by atoms with E-state index in [-0.39, 0.29) is 11.6 Å². The van der Waals surface area contributed by atoms with Crippen molar-refractivity contribution in [2.24, 2.45) is 0 Å². The summed E-state index contributed by atoms with van der Waals surface area (Å²) in [5.41, 5.74) is 8.17. The molecule has 0 fully saturated rings. The number of thioether (sulfide) groups is 2. The maximum absolute atomic E-state index is 12.7. The number of aryl methyl sites for hydroxylation is 6. The van der Waals surface area contributed by atoms with Gasteiger partial charge in [-0.2, -0.15) is 0 Å². The summed E-state index contributed by atoms with van der Waals surface area (Å²) >= 11 is 4.22. The van der Waals surface area contributed by atoms with Crippen molar-refractivity contribution >= 4 is 46.4 Å². The number of aromatic nitrogens is 2. The van der Waals surface area contributed by atoms with E-state index in [1.54, 1.807) is 0 Å². The third-order valence-electron chi connectivity index (χ3n) is 5.32. The third-order valence-corrected chi connectivity index (χ3v) is 8.51. The van der Waals surface area contributed by atoms with Crippen LogP contribution in [0.4, 0.5) is 0 Å². The van der Waals surface area contributed by atoms with E-state index >= 15 is 0 Å². The maximum Gasteiger partial charge on any atom is 0.175 e. The molecule has 7 heteroatoms. The molecule has 162 valence electrons. The largest absolute Gasteiger partial charge is 0.293 e. The number of rotatable bonds is 8. The zero-order valence-corrected chi connectivity index (χ0v) is 21.1. The Morgan fingerprint density at radius 3 is 1.39 bits per heavy atom. The van der Waals surface area contributed by atoms with Gasteiger partial charge in [0, 0.05) is 11.1 Å². The smallest absolute Gasteiger partial charge is 0.175 e. The van der Waals surface area contributed by atoms with E-state index in [4.69, 9.17) is 0 Å². The second kappa shape index (κ2) is 10.1. The lowest BCUT2D eigenvalue weighted by Crippen LogP contribution is -2.06. The van der Waals surface area contributed by atoms with Gasteiger partial charge in [0.15, 0.2) is 20.2 Å². The van der Waals surface area contributed by atoms with Crippen molar-refractivity contribution in [1.82, 2.24) is 10.2 Å². The Hall–Kier alpha value is -1.96. The molecule has 3 rings (SSSR count). The minimum atomic E-state index is 0.0930. The molecule has 0 bridgehead atoms. The first-order valence-corrected chi connectivity index (χ1v) is 12.8. The zero-order chi connectivity index (χ0) is 22.7. The molecule has 1 heterocycles. The molecule has 0 N–H and O–H groups in total. The highest BCUT2D eigenvalue weighted by Crippen LogP contribution is 2.30. The van der Waals surface area contributed by atoms with Gasteiger partial charge in [-0.05, 0) is 87.1 Å². The van der Waals surface area contributed by atoms with Crippen LogP contribution in [0, 0.1) is 41.5 Å². The van der Waals surface area contributed by atoms with Crippen molar-refractivity contribution in [3.05, 3.63) is 68.8 Å². The van der Waals surface area contributed by atoms with E-state index < -0.39 is 0 Å². The molecule has 4 nitrogen and oxygen atoms in total. The van der Waals surface area contributed by atoms with Gasteiger partial charge in [0.2, 0.25) is 0 Å². The highest BCUT2D eigenvalue weighted by atomic mass is 32.2. The molecule has 0 saturated heterocycles. The molecule has 0 saturated carbocycles. The van der Waals surface area contributed by atoms with E-state index in [2.05, 4.69) is 36.2 Å². The minimum absolute atomic E-state index is 0.0930. The molecule has 2 aromatic carbocycles. The summed E-state index contributed by atoms with van der Waals surface area (Å²) in [6, 6.07) is 8.05. The van der Waals surface area contributed by atoms with Gasteiger partial charge in [-0.15, -0.1) is 10.2 Å². The molecule has 0 atom stereocenters. The predicted octanol–water partition coefficient (Wildman–Crippen LogP) is 6.34. The number of carbonyl (C=O) groups excluding carboxylic acids is 2. The van der Waals surface area contributed by atoms with Crippen molar-refractivity contribution in [3.8, 4) is 0 Å². The van der Waals surface area contributed by atoms with Crippen molar-refractivity contribution in [1.29, 1.82) is 0 Å². The number of ketones is 2. The van der Waals surface area contributed by atoms with Crippen LogP contribution in [-0.4, -0.2) is 33.3 Å². The summed E-state index contributed by atoms with van der Waals surface area (Å²) < 4.78 is 1.49. The summed E-state index contributed by atoms with van der Waals surface area (Å²) in [6.07, 6.45) is 0. The molecule has 3 aromatic rings. The van der Waals surface area contributed by atoms with E-state index in [0.29, 0.717) is 11.5 Å². The number of Topliss-reactive ketones (excluding diaryl/α,β-unsaturated/α-hetero) is 2. The Labute approximate surface area is 196 Å². The average Bonchev–Trinajstić information content (AvgIpc) is 3.17. The fraction of sp³-hybridized carbons (Fsp3) is 0.333. The molecule has 0 aliphatic heterocycles. The van der Waals surface area contributed by atoms with Gasteiger partial charge in [-0.3, -0.25) is 9.59 Å². The Bertz CT molecular complexity index is 1060. The molecule has 1 aromatic heterocycles. The topological polar surface area (TPSA) is 59.9 Å². The predicted molar refractivity (Wildman–Crippen MR) is 131 cm³/mol. The van der Waals surface area contributed by atoms with Crippen LogP contribution in [-0.2, 0) is 0 Å². The molecule has 0 aliphatic rings. The molecule has 0 unspecified atom stereocenters. The normalized spacial score (nSPS) is 11.0. The third kappa shape index (κ3) is 5.84. The van der Waals surface area contributed by atoms with Crippen LogP contribution in [0.15, 0.2) is 32.9 Å². The van der Waals surface area contributed by atoms with Crippen LogP contribution in [0.25, 0.3) is 0 Å². The van der Waals surface area contributed by atoms with Crippen LogP contribution in [0.2, 0.25) is 0 Å². The number of carbonyl (C=O) groups is 2. The Morgan fingerprint density at radius 2 is 1.00 bits per heavy atom. The van der Waals surface area contributed by atoms with E-state index in [1.165, 1.54) is 46.0 Å². The molecule has 0 spiro atoms. The highest BCUT2D eigenvalue weighted by Gasteiger charge is 2.15. The number of benzene rings is 2. The van der Waals surface area contributed by atoms with Gasteiger partial charge in [0.05, 0.1) is 11.5 Å². The number of nitrogens with zero attached hydrogens (tertiary/aromatic N) is 2.